The summed E-state index contributed by atoms with van der Waals surface area (Å²) in [6.07, 6.45) is 10.3. The van der Waals surface area contributed by atoms with Gasteiger partial charge < -0.3 is 10.3 Å². The van der Waals surface area contributed by atoms with Crippen LogP contribution < -0.4 is 5.32 Å². The van der Waals surface area contributed by atoms with Gasteiger partial charge in [-0.05, 0) is 43.6 Å². The van der Waals surface area contributed by atoms with Crippen LogP contribution in [0.2, 0.25) is 0 Å². The molecule has 4 aromatic heterocycles. The first-order chi connectivity index (χ1) is 12.8. The minimum Gasteiger partial charge on any atom is -0.343 e. The molecule has 4 rings (SSSR count). The summed E-state index contributed by atoms with van der Waals surface area (Å²) in [4.78, 5) is 16.2. The van der Waals surface area contributed by atoms with Gasteiger partial charge in [-0.15, -0.1) is 0 Å². The highest BCUT2D eigenvalue weighted by Gasteiger charge is 2.11. The van der Waals surface area contributed by atoms with E-state index in [1.54, 1.807) is 17.2 Å². The lowest BCUT2D eigenvalue weighted by Crippen LogP contribution is -2.11. The van der Waals surface area contributed by atoms with Crippen molar-refractivity contribution in [2.45, 2.75) is 19.3 Å². The van der Waals surface area contributed by atoms with Crippen molar-refractivity contribution < 1.29 is 0 Å². The number of imidazole rings is 1. The number of aromatic amines is 1. The Balaban J connectivity index is 1.59. The van der Waals surface area contributed by atoms with E-state index in [9.17, 15) is 0 Å². The molecule has 1 unspecified atom stereocenters. The van der Waals surface area contributed by atoms with Gasteiger partial charge in [-0.3, -0.25) is 0 Å². The van der Waals surface area contributed by atoms with Gasteiger partial charge in [-0.25, -0.2) is 19.6 Å². The Labute approximate surface area is 151 Å². The van der Waals surface area contributed by atoms with Crippen LogP contribution >= 0.6 is 0 Å². The number of nitrogens with zero attached hydrogens (tertiary/aromatic N) is 5. The Morgan fingerprint density at radius 1 is 1.15 bits per heavy atom. The van der Waals surface area contributed by atoms with Crippen molar-refractivity contribution in [1.82, 2.24) is 35.0 Å². The third kappa shape index (κ3) is 3.09. The SMILES string of the molecule is CNCCC(C)c1ccc(-n2cc(-c3ccnc4nc[nH]c34)cn2)nc1. The lowest BCUT2D eigenvalue weighted by molar-refractivity contribution is 0.634. The zero-order chi connectivity index (χ0) is 17.9. The van der Waals surface area contributed by atoms with Crippen LogP contribution in [0.4, 0.5) is 0 Å². The zero-order valence-electron chi connectivity index (χ0n) is 14.8. The highest BCUT2D eigenvalue weighted by Crippen LogP contribution is 2.25. The monoisotopic (exact) mass is 347 g/mol. The van der Waals surface area contributed by atoms with Crippen molar-refractivity contribution in [3.05, 3.63) is 54.9 Å². The van der Waals surface area contributed by atoms with Gasteiger partial charge in [-0.2, -0.15) is 5.10 Å². The molecular formula is C19H21N7. The van der Waals surface area contributed by atoms with Crippen molar-refractivity contribution in [2.24, 2.45) is 0 Å². The van der Waals surface area contributed by atoms with Gasteiger partial charge in [0, 0.05) is 29.7 Å². The Kier molecular flexibility index (Phi) is 4.45. The Morgan fingerprint density at radius 2 is 2.08 bits per heavy atom. The molecule has 0 saturated heterocycles. The van der Waals surface area contributed by atoms with E-state index in [1.165, 1.54) is 5.56 Å². The molecule has 7 nitrogen and oxygen atoms in total. The molecule has 0 spiro atoms. The summed E-state index contributed by atoms with van der Waals surface area (Å²) in [6.45, 7) is 3.22. The lowest BCUT2D eigenvalue weighted by Gasteiger charge is -2.11. The van der Waals surface area contributed by atoms with Gasteiger partial charge in [0.05, 0.1) is 18.0 Å². The van der Waals surface area contributed by atoms with E-state index in [4.69, 9.17) is 0 Å². The molecule has 0 radical (unpaired) electrons. The number of nitrogens with one attached hydrogen (secondary N) is 2. The average molecular weight is 347 g/mol. The molecule has 0 saturated carbocycles. The second-order valence-corrected chi connectivity index (χ2v) is 6.38. The fourth-order valence-electron chi connectivity index (χ4n) is 3.03. The van der Waals surface area contributed by atoms with Crippen molar-refractivity contribution >= 4 is 11.2 Å². The first-order valence-electron chi connectivity index (χ1n) is 8.70. The highest BCUT2D eigenvalue weighted by atomic mass is 15.3. The summed E-state index contributed by atoms with van der Waals surface area (Å²) in [5.74, 6) is 1.28. The van der Waals surface area contributed by atoms with Crippen LogP contribution in [-0.2, 0) is 0 Å². The Hall–Kier alpha value is -3.06. The summed E-state index contributed by atoms with van der Waals surface area (Å²) in [7, 11) is 1.98. The molecule has 0 amide bonds. The summed E-state index contributed by atoms with van der Waals surface area (Å²) in [6, 6.07) is 6.10. The normalized spacial score (nSPS) is 12.5. The number of fused-ring (bicyclic) bond motifs is 1. The summed E-state index contributed by atoms with van der Waals surface area (Å²) in [5.41, 5.74) is 4.87. The number of hydrogen-bond donors (Lipinski definition) is 2. The molecule has 0 bridgehead atoms. The Bertz CT molecular complexity index is 1000. The quantitative estimate of drug-likeness (QED) is 0.560. The van der Waals surface area contributed by atoms with Crippen LogP contribution in [0.5, 0.6) is 0 Å². The maximum atomic E-state index is 4.58. The smallest absolute Gasteiger partial charge is 0.178 e. The standard InChI is InChI=1S/C19H21N7/c1-13(5-7-20-2)14-3-4-17(22-9-14)26-11-15(10-25-26)16-6-8-21-19-18(16)23-12-24-19/h3-4,6,8-13,20H,5,7H2,1-2H3,(H,21,23,24). The molecule has 0 fully saturated rings. The highest BCUT2D eigenvalue weighted by molar-refractivity contribution is 5.88. The minimum atomic E-state index is 0.475. The second kappa shape index (κ2) is 7.05. The van der Waals surface area contributed by atoms with Gasteiger partial charge in [0.2, 0.25) is 0 Å². The van der Waals surface area contributed by atoms with E-state index in [0.29, 0.717) is 11.6 Å². The minimum absolute atomic E-state index is 0.475. The van der Waals surface area contributed by atoms with E-state index in [1.807, 2.05) is 37.8 Å². The van der Waals surface area contributed by atoms with Crippen molar-refractivity contribution in [1.29, 1.82) is 0 Å². The number of H-pyrrole nitrogens is 1. The number of hydrogen-bond acceptors (Lipinski definition) is 5. The summed E-state index contributed by atoms with van der Waals surface area (Å²) < 4.78 is 1.79. The van der Waals surface area contributed by atoms with Crippen molar-refractivity contribution in [2.75, 3.05) is 13.6 Å². The molecule has 132 valence electrons. The third-order valence-electron chi connectivity index (χ3n) is 4.62. The topological polar surface area (TPSA) is 84.3 Å². The van der Waals surface area contributed by atoms with Gasteiger partial charge in [0.25, 0.3) is 0 Å². The average Bonchev–Trinajstić information content (AvgIpc) is 3.35. The van der Waals surface area contributed by atoms with Gasteiger partial charge in [-0.1, -0.05) is 13.0 Å². The van der Waals surface area contributed by atoms with Gasteiger partial charge >= 0.3 is 0 Å². The van der Waals surface area contributed by atoms with Crippen LogP contribution in [0.25, 0.3) is 28.1 Å². The number of aromatic nitrogens is 6. The van der Waals surface area contributed by atoms with Crippen molar-refractivity contribution in [3.63, 3.8) is 0 Å². The van der Waals surface area contributed by atoms with Crippen LogP contribution in [-0.4, -0.2) is 43.3 Å². The first-order valence-corrected chi connectivity index (χ1v) is 8.70. The van der Waals surface area contributed by atoms with E-state index in [2.05, 4.69) is 43.3 Å². The molecule has 4 heterocycles. The molecule has 0 aliphatic heterocycles. The lowest BCUT2D eigenvalue weighted by atomic mass is 10.00. The largest absolute Gasteiger partial charge is 0.343 e. The summed E-state index contributed by atoms with van der Waals surface area (Å²) >= 11 is 0. The second-order valence-electron chi connectivity index (χ2n) is 6.38. The van der Waals surface area contributed by atoms with Crippen LogP contribution in [0.15, 0.2) is 49.3 Å². The molecule has 2 N–H and O–H groups in total. The van der Waals surface area contributed by atoms with Crippen molar-refractivity contribution in [3.8, 4) is 16.9 Å². The fourth-order valence-corrected chi connectivity index (χ4v) is 3.03. The molecule has 1 atom stereocenters. The van der Waals surface area contributed by atoms with Gasteiger partial charge in [0.15, 0.2) is 11.5 Å². The number of rotatable bonds is 6. The van der Waals surface area contributed by atoms with Crippen LogP contribution in [0.1, 0.15) is 24.8 Å². The van der Waals surface area contributed by atoms with Crippen LogP contribution in [0.3, 0.4) is 0 Å². The van der Waals surface area contributed by atoms with E-state index < -0.39 is 0 Å². The predicted octanol–water partition coefficient (Wildman–Crippen LogP) is 2.92. The van der Waals surface area contributed by atoms with Gasteiger partial charge in [0.1, 0.15) is 0 Å². The molecule has 0 aliphatic rings. The maximum absolute atomic E-state index is 4.58. The van der Waals surface area contributed by atoms with E-state index in [0.717, 1.165) is 35.4 Å². The molecular weight excluding hydrogens is 326 g/mol. The maximum Gasteiger partial charge on any atom is 0.178 e. The molecule has 0 aromatic carbocycles. The molecule has 7 heteroatoms. The molecule has 0 aliphatic carbocycles. The first kappa shape index (κ1) is 16.4. The van der Waals surface area contributed by atoms with Crippen LogP contribution in [0, 0.1) is 0 Å². The fraction of sp³-hybridized carbons (Fsp3) is 0.263. The zero-order valence-corrected chi connectivity index (χ0v) is 14.8. The third-order valence-corrected chi connectivity index (χ3v) is 4.62. The summed E-state index contributed by atoms with van der Waals surface area (Å²) in [5, 5.41) is 7.66. The number of pyridine rings is 2. The Morgan fingerprint density at radius 3 is 2.88 bits per heavy atom. The van der Waals surface area contributed by atoms with E-state index in [-0.39, 0.29) is 0 Å². The van der Waals surface area contributed by atoms with E-state index >= 15 is 0 Å². The molecule has 26 heavy (non-hydrogen) atoms. The molecule has 4 aromatic rings. The predicted molar refractivity (Wildman–Crippen MR) is 101 cm³/mol.